The van der Waals surface area contributed by atoms with E-state index in [-0.39, 0.29) is 5.57 Å². The second kappa shape index (κ2) is 5.54. The van der Waals surface area contributed by atoms with Crippen molar-refractivity contribution < 1.29 is 9.90 Å². The van der Waals surface area contributed by atoms with Crippen LogP contribution >= 0.6 is 0 Å². The maximum absolute atomic E-state index is 10.7. The minimum Gasteiger partial charge on any atom is -0.544 e. The van der Waals surface area contributed by atoms with E-state index in [1.165, 1.54) is 6.08 Å². The molecular formula is C14H17N2O2-. The number of aliphatic carboxylic acids is 1. The molecule has 1 heterocycles. The minimum atomic E-state index is -1.44. The number of carboxylic acids is 1. The monoisotopic (exact) mass is 245 g/mol. The number of carboxylic acid groups (broad SMARTS) is 1. The molecule has 0 radical (unpaired) electrons. The lowest BCUT2D eigenvalue weighted by atomic mass is 10.1. The van der Waals surface area contributed by atoms with E-state index in [4.69, 9.17) is 5.26 Å². The molecule has 1 rings (SSSR count). The van der Waals surface area contributed by atoms with Crippen LogP contribution in [0.2, 0.25) is 0 Å². The fraction of sp³-hybridized carbons (Fsp3) is 0.429. The third kappa shape index (κ3) is 3.01. The van der Waals surface area contributed by atoms with Gasteiger partial charge in [-0.15, -0.1) is 0 Å². The molecule has 0 fully saturated rings. The van der Waals surface area contributed by atoms with E-state index in [1.807, 2.05) is 19.9 Å². The van der Waals surface area contributed by atoms with Gasteiger partial charge in [0.1, 0.15) is 6.07 Å². The van der Waals surface area contributed by atoms with E-state index >= 15 is 0 Å². The van der Waals surface area contributed by atoms with Gasteiger partial charge in [0.05, 0.1) is 11.5 Å². The third-order valence-corrected chi connectivity index (χ3v) is 2.80. The average Bonchev–Trinajstić information content (AvgIpc) is 2.52. The SMILES string of the molecule is Cc1cc(/C=C(/C#N)C(=O)[O-])c(C)n1CC(C)C. The predicted molar refractivity (Wildman–Crippen MR) is 67.3 cm³/mol. The molecule has 0 spiro atoms. The van der Waals surface area contributed by atoms with Crippen LogP contribution in [0.5, 0.6) is 0 Å². The normalized spacial score (nSPS) is 11.7. The molecule has 0 saturated carbocycles. The van der Waals surface area contributed by atoms with Crippen LogP contribution in [0.4, 0.5) is 0 Å². The van der Waals surface area contributed by atoms with Gasteiger partial charge in [0.15, 0.2) is 0 Å². The van der Waals surface area contributed by atoms with Crippen molar-refractivity contribution >= 4 is 12.0 Å². The van der Waals surface area contributed by atoms with Gasteiger partial charge in [-0.3, -0.25) is 0 Å². The van der Waals surface area contributed by atoms with Gasteiger partial charge >= 0.3 is 0 Å². The Morgan fingerprint density at radius 2 is 2.17 bits per heavy atom. The molecule has 0 aliphatic heterocycles. The molecule has 0 saturated heterocycles. The largest absolute Gasteiger partial charge is 0.544 e. The number of hydrogen-bond acceptors (Lipinski definition) is 3. The van der Waals surface area contributed by atoms with Crippen LogP contribution in [0.15, 0.2) is 11.6 Å². The van der Waals surface area contributed by atoms with Crippen molar-refractivity contribution in [2.45, 2.75) is 34.2 Å². The summed E-state index contributed by atoms with van der Waals surface area (Å²) < 4.78 is 2.13. The van der Waals surface area contributed by atoms with Crippen molar-refractivity contribution in [3.05, 3.63) is 28.6 Å². The highest BCUT2D eigenvalue weighted by molar-refractivity contribution is 5.95. The summed E-state index contributed by atoms with van der Waals surface area (Å²) in [6.45, 7) is 9.01. The van der Waals surface area contributed by atoms with Gasteiger partial charge in [0, 0.05) is 17.9 Å². The Bertz CT molecular complexity index is 531. The van der Waals surface area contributed by atoms with Crippen LogP contribution in [0.1, 0.15) is 30.8 Å². The molecule has 18 heavy (non-hydrogen) atoms. The van der Waals surface area contributed by atoms with Crippen molar-refractivity contribution in [3.8, 4) is 6.07 Å². The quantitative estimate of drug-likeness (QED) is 0.595. The fourth-order valence-corrected chi connectivity index (χ4v) is 1.91. The maximum atomic E-state index is 10.7. The Hall–Kier alpha value is -2.02. The first-order valence-corrected chi connectivity index (χ1v) is 5.86. The predicted octanol–water partition coefficient (Wildman–Crippen LogP) is 1.42. The zero-order valence-corrected chi connectivity index (χ0v) is 11.2. The van der Waals surface area contributed by atoms with Crippen molar-refractivity contribution in [1.82, 2.24) is 4.57 Å². The lowest BCUT2D eigenvalue weighted by molar-refractivity contribution is -0.298. The zero-order chi connectivity index (χ0) is 13.9. The number of aromatic nitrogens is 1. The van der Waals surface area contributed by atoms with Gasteiger partial charge in [0.2, 0.25) is 0 Å². The second-order valence-electron chi connectivity index (χ2n) is 4.79. The first-order valence-electron chi connectivity index (χ1n) is 5.86. The fourth-order valence-electron chi connectivity index (χ4n) is 1.91. The van der Waals surface area contributed by atoms with Gasteiger partial charge in [-0.2, -0.15) is 5.26 Å². The number of rotatable bonds is 4. The first-order chi connectivity index (χ1) is 8.36. The van der Waals surface area contributed by atoms with E-state index < -0.39 is 5.97 Å². The van der Waals surface area contributed by atoms with E-state index in [9.17, 15) is 9.90 Å². The molecule has 4 nitrogen and oxygen atoms in total. The van der Waals surface area contributed by atoms with Crippen LogP contribution in [-0.2, 0) is 11.3 Å². The molecule has 1 aromatic rings. The standard InChI is InChI=1S/C14H18N2O2/c1-9(2)8-16-10(3)5-12(11(16)4)6-13(7-15)14(17)18/h5-6,9H,8H2,1-4H3,(H,17,18)/p-1/b13-6-. The number of aryl methyl sites for hydroxylation is 1. The Morgan fingerprint density at radius 3 is 2.61 bits per heavy atom. The minimum absolute atomic E-state index is 0.347. The smallest absolute Gasteiger partial charge is 0.101 e. The van der Waals surface area contributed by atoms with Crippen molar-refractivity contribution in [2.75, 3.05) is 0 Å². The summed E-state index contributed by atoms with van der Waals surface area (Å²) in [4.78, 5) is 10.7. The second-order valence-corrected chi connectivity index (χ2v) is 4.79. The first kappa shape index (κ1) is 14.0. The molecule has 4 heteroatoms. The maximum Gasteiger partial charge on any atom is 0.101 e. The molecule has 0 atom stereocenters. The summed E-state index contributed by atoms with van der Waals surface area (Å²) in [6, 6.07) is 3.52. The Morgan fingerprint density at radius 1 is 1.56 bits per heavy atom. The van der Waals surface area contributed by atoms with Crippen LogP contribution in [0.3, 0.4) is 0 Å². The van der Waals surface area contributed by atoms with Gasteiger partial charge in [-0.25, -0.2) is 0 Å². The molecule has 96 valence electrons. The van der Waals surface area contributed by atoms with Gasteiger partial charge < -0.3 is 14.5 Å². The highest BCUT2D eigenvalue weighted by Crippen LogP contribution is 2.19. The molecule has 0 aliphatic rings. The Balaban J connectivity index is 3.21. The highest BCUT2D eigenvalue weighted by Gasteiger charge is 2.09. The van der Waals surface area contributed by atoms with Crippen LogP contribution in [0, 0.1) is 31.1 Å². The van der Waals surface area contributed by atoms with Crippen LogP contribution in [-0.4, -0.2) is 10.5 Å². The molecule has 0 N–H and O–H groups in total. The summed E-state index contributed by atoms with van der Waals surface area (Å²) in [5.74, 6) is -0.936. The molecule has 1 aromatic heterocycles. The number of nitrogens with zero attached hydrogens (tertiary/aromatic N) is 2. The van der Waals surface area contributed by atoms with E-state index in [0.29, 0.717) is 5.92 Å². The van der Waals surface area contributed by atoms with Crippen molar-refractivity contribution in [3.63, 3.8) is 0 Å². The van der Waals surface area contributed by atoms with E-state index in [1.54, 1.807) is 6.07 Å². The molecule has 0 unspecified atom stereocenters. The summed E-state index contributed by atoms with van der Waals surface area (Å²) in [7, 11) is 0. The summed E-state index contributed by atoms with van der Waals surface area (Å²) >= 11 is 0. The number of hydrogen-bond donors (Lipinski definition) is 0. The van der Waals surface area contributed by atoms with E-state index in [2.05, 4.69) is 18.4 Å². The third-order valence-electron chi connectivity index (χ3n) is 2.80. The lowest BCUT2D eigenvalue weighted by Crippen LogP contribution is -2.23. The Labute approximate surface area is 107 Å². The van der Waals surface area contributed by atoms with Gasteiger partial charge in [-0.05, 0) is 37.5 Å². The molecule has 0 aliphatic carbocycles. The van der Waals surface area contributed by atoms with Crippen LogP contribution < -0.4 is 5.11 Å². The number of carbonyl (C=O) groups is 1. The zero-order valence-electron chi connectivity index (χ0n) is 11.2. The molecule has 0 amide bonds. The summed E-state index contributed by atoms with van der Waals surface area (Å²) in [5, 5.41) is 19.4. The van der Waals surface area contributed by atoms with E-state index in [0.717, 1.165) is 23.5 Å². The summed E-state index contributed by atoms with van der Waals surface area (Å²) in [6.07, 6.45) is 1.37. The highest BCUT2D eigenvalue weighted by atomic mass is 16.4. The lowest BCUT2D eigenvalue weighted by Gasteiger charge is -2.12. The number of carbonyl (C=O) groups excluding carboxylic acids is 1. The van der Waals surface area contributed by atoms with Crippen LogP contribution in [0.25, 0.3) is 6.08 Å². The average molecular weight is 245 g/mol. The number of nitriles is 1. The Kier molecular flexibility index (Phi) is 4.33. The summed E-state index contributed by atoms with van der Waals surface area (Å²) in [5.41, 5.74) is 2.44. The van der Waals surface area contributed by atoms with Gasteiger partial charge in [0.25, 0.3) is 0 Å². The topological polar surface area (TPSA) is 68.8 Å². The molecular weight excluding hydrogens is 228 g/mol. The van der Waals surface area contributed by atoms with Crippen molar-refractivity contribution in [2.24, 2.45) is 5.92 Å². The molecule has 0 aromatic carbocycles. The van der Waals surface area contributed by atoms with Crippen molar-refractivity contribution in [1.29, 1.82) is 5.26 Å². The molecule has 0 bridgehead atoms. The van der Waals surface area contributed by atoms with Gasteiger partial charge in [-0.1, -0.05) is 13.8 Å².